The van der Waals surface area contributed by atoms with Crippen molar-refractivity contribution >= 4 is 23.7 Å². The van der Waals surface area contributed by atoms with Gasteiger partial charge in [0.05, 0.1) is 11.2 Å². The average molecular weight is 261 g/mol. The van der Waals surface area contributed by atoms with Crippen molar-refractivity contribution in [2.75, 3.05) is 0 Å². The molecule has 16 heavy (non-hydrogen) atoms. The van der Waals surface area contributed by atoms with Gasteiger partial charge in [0.25, 0.3) is 0 Å². The maximum Gasteiger partial charge on any atom is 0.113 e. The smallest absolute Gasteiger partial charge is 0.113 e. The second kappa shape index (κ2) is 5.48. The molecule has 0 atom stereocenters. The van der Waals surface area contributed by atoms with Gasteiger partial charge in [0, 0.05) is 5.38 Å². The standard InChI is InChI=1S/C12H20N2S.ClH/c1-9(2)7-10-8-15-11(14-10)12(13)5-3-4-6-12;/h8-9H,3-7,13H2,1-2H3;1H. The Bertz CT molecular complexity index is 330. The lowest BCUT2D eigenvalue weighted by Gasteiger charge is -2.19. The highest BCUT2D eigenvalue weighted by molar-refractivity contribution is 7.09. The van der Waals surface area contributed by atoms with E-state index in [4.69, 9.17) is 10.7 Å². The van der Waals surface area contributed by atoms with Crippen LogP contribution in [0.3, 0.4) is 0 Å². The number of hydrogen-bond acceptors (Lipinski definition) is 3. The fourth-order valence-corrected chi connectivity index (χ4v) is 3.27. The lowest BCUT2D eigenvalue weighted by molar-refractivity contribution is 0.457. The quantitative estimate of drug-likeness (QED) is 0.904. The molecular weight excluding hydrogens is 240 g/mol. The minimum Gasteiger partial charge on any atom is -0.319 e. The van der Waals surface area contributed by atoms with Crippen LogP contribution in [0.4, 0.5) is 0 Å². The summed E-state index contributed by atoms with van der Waals surface area (Å²) in [6.07, 6.45) is 5.82. The van der Waals surface area contributed by atoms with Gasteiger partial charge in [-0.2, -0.15) is 0 Å². The second-order valence-corrected chi connectivity index (χ2v) is 5.96. The van der Waals surface area contributed by atoms with E-state index in [-0.39, 0.29) is 17.9 Å². The molecule has 2 N–H and O–H groups in total. The molecule has 1 fully saturated rings. The molecule has 0 amide bonds. The van der Waals surface area contributed by atoms with E-state index >= 15 is 0 Å². The molecule has 1 aliphatic carbocycles. The number of halogens is 1. The van der Waals surface area contributed by atoms with Gasteiger partial charge in [0.2, 0.25) is 0 Å². The van der Waals surface area contributed by atoms with Crippen molar-refractivity contribution in [2.24, 2.45) is 11.7 Å². The molecule has 1 aliphatic rings. The highest BCUT2D eigenvalue weighted by Gasteiger charge is 2.33. The molecule has 0 radical (unpaired) electrons. The fraction of sp³-hybridized carbons (Fsp3) is 0.750. The third-order valence-corrected chi connectivity index (χ3v) is 4.20. The molecule has 2 rings (SSSR count). The van der Waals surface area contributed by atoms with Crippen LogP contribution in [0.1, 0.15) is 50.2 Å². The maximum absolute atomic E-state index is 6.37. The Kier molecular flexibility index (Phi) is 4.77. The molecule has 2 nitrogen and oxygen atoms in total. The Morgan fingerprint density at radius 3 is 2.62 bits per heavy atom. The van der Waals surface area contributed by atoms with E-state index in [0.29, 0.717) is 5.92 Å². The highest BCUT2D eigenvalue weighted by Crippen LogP contribution is 2.37. The lowest BCUT2D eigenvalue weighted by atomic mass is 10.0. The van der Waals surface area contributed by atoms with Gasteiger partial charge in [0.1, 0.15) is 5.01 Å². The molecule has 0 saturated heterocycles. The summed E-state index contributed by atoms with van der Waals surface area (Å²) in [6, 6.07) is 0. The molecule has 1 saturated carbocycles. The van der Waals surface area contributed by atoms with Crippen LogP contribution in [0.25, 0.3) is 0 Å². The minimum atomic E-state index is -0.0973. The van der Waals surface area contributed by atoms with E-state index in [1.807, 2.05) is 0 Å². The molecular formula is C12H21ClN2S. The monoisotopic (exact) mass is 260 g/mol. The normalized spacial score (nSPS) is 18.8. The van der Waals surface area contributed by atoms with E-state index in [9.17, 15) is 0 Å². The van der Waals surface area contributed by atoms with Crippen molar-refractivity contribution in [1.29, 1.82) is 0 Å². The molecule has 1 aromatic heterocycles. The fourth-order valence-electron chi connectivity index (χ4n) is 2.27. The topological polar surface area (TPSA) is 38.9 Å². The van der Waals surface area contributed by atoms with Crippen LogP contribution in [0.15, 0.2) is 5.38 Å². The number of nitrogens with two attached hydrogens (primary N) is 1. The van der Waals surface area contributed by atoms with Crippen LogP contribution in [0.5, 0.6) is 0 Å². The first-order chi connectivity index (χ1) is 7.10. The van der Waals surface area contributed by atoms with Gasteiger partial charge >= 0.3 is 0 Å². The Morgan fingerprint density at radius 1 is 1.44 bits per heavy atom. The molecule has 4 heteroatoms. The first-order valence-electron chi connectivity index (χ1n) is 5.84. The number of thiazole rings is 1. The van der Waals surface area contributed by atoms with Crippen molar-refractivity contribution in [3.8, 4) is 0 Å². The largest absolute Gasteiger partial charge is 0.319 e. The van der Waals surface area contributed by atoms with Gasteiger partial charge in [-0.15, -0.1) is 23.7 Å². The van der Waals surface area contributed by atoms with Gasteiger partial charge in [0.15, 0.2) is 0 Å². The third-order valence-electron chi connectivity index (χ3n) is 3.09. The van der Waals surface area contributed by atoms with Crippen LogP contribution in [0, 0.1) is 5.92 Å². The first-order valence-corrected chi connectivity index (χ1v) is 6.72. The minimum absolute atomic E-state index is 0. The van der Waals surface area contributed by atoms with E-state index < -0.39 is 0 Å². The Hall–Kier alpha value is -0.120. The zero-order valence-corrected chi connectivity index (χ0v) is 11.7. The number of aromatic nitrogens is 1. The van der Waals surface area contributed by atoms with E-state index in [1.54, 1.807) is 11.3 Å². The summed E-state index contributed by atoms with van der Waals surface area (Å²) in [5, 5.41) is 3.35. The Morgan fingerprint density at radius 2 is 2.06 bits per heavy atom. The number of rotatable bonds is 3. The first kappa shape index (κ1) is 13.9. The lowest BCUT2D eigenvalue weighted by Crippen LogP contribution is -2.32. The van der Waals surface area contributed by atoms with Crippen LogP contribution in [0.2, 0.25) is 0 Å². The van der Waals surface area contributed by atoms with Crippen molar-refractivity contribution in [3.63, 3.8) is 0 Å². The van der Waals surface area contributed by atoms with Gasteiger partial charge < -0.3 is 5.73 Å². The molecule has 0 unspecified atom stereocenters. The summed E-state index contributed by atoms with van der Waals surface area (Å²) in [6.45, 7) is 4.46. The Balaban J connectivity index is 0.00000128. The molecule has 0 aliphatic heterocycles. The van der Waals surface area contributed by atoms with Gasteiger partial charge in [-0.1, -0.05) is 26.7 Å². The zero-order valence-electron chi connectivity index (χ0n) is 10.0. The highest BCUT2D eigenvalue weighted by atomic mass is 35.5. The van der Waals surface area contributed by atoms with Gasteiger partial charge in [-0.25, -0.2) is 4.98 Å². The van der Waals surface area contributed by atoms with Crippen LogP contribution in [-0.2, 0) is 12.0 Å². The molecule has 0 bridgehead atoms. The van der Waals surface area contributed by atoms with E-state index in [1.165, 1.54) is 18.5 Å². The summed E-state index contributed by atoms with van der Waals surface area (Å²) in [4.78, 5) is 4.70. The van der Waals surface area contributed by atoms with Crippen molar-refractivity contribution in [1.82, 2.24) is 4.98 Å². The molecule has 0 aromatic carbocycles. The van der Waals surface area contributed by atoms with E-state index in [0.717, 1.165) is 24.3 Å². The molecule has 0 spiro atoms. The summed E-state index contributed by atoms with van der Waals surface area (Å²) in [5.41, 5.74) is 7.50. The van der Waals surface area contributed by atoms with E-state index in [2.05, 4.69) is 19.2 Å². The van der Waals surface area contributed by atoms with Gasteiger partial charge in [-0.05, 0) is 25.2 Å². The average Bonchev–Trinajstić information content (AvgIpc) is 2.74. The second-order valence-electron chi connectivity index (χ2n) is 5.11. The summed E-state index contributed by atoms with van der Waals surface area (Å²) < 4.78 is 0. The number of nitrogens with zero attached hydrogens (tertiary/aromatic N) is 1. The van der Waals surface area contributed by atoms with Crippen molar-refractivity contribution < 1.29 is 0 Å². The van der Waals surface area contributed by atoms with Crippen molar-refractivity contribution in [3.05, 3.63) is 16.1 Å². The molecule has 92 valence electrons. The predicted molar refractivity (Wildman–Crippen MR) is 72.2 cm³/mol. The third kappa shape index (κ3) is 2.96. The van der Waals surface area contributed by atoms with Crippen LogP contribution >= 0.6 is 23.7 Å². The van der Waals surface area contributed by atoms with Gasteiger partial charge in [-0.3, -0.25) is 0 Å². The maximum atomic E-state index is 6.37. The van der Waals surface area contributed by atoms with Crippen LogP contribution in [-0.4, -0.2) is 4.98 Å². The predicted octanol–water partition coefficient (Wildman–Crippen LogP) is 3.49. The summed E-state index contributed by atoms with van der Waals surface area (Å²) in [7, 11) is 0. The Labute approximate surface area is 108 Å². The molecule has 1 aromatic rings. The molecule has 1 heterocycles. The summed E-state index contributed by atoms with van der Waals surface area (Å²) >= 11 is 1.75. The zero-order chi connectivity index (χ0) is 10.9. The SMILES string of the molecule is CC(C)Cc1csc(C2(N)CCCC2)n1.Cl. The van der Waals surface area contributed by atoms with Crippen molar-refractivity contribution in [2.45, 2.75) is 51.5 Å². The van der Waals surface area contributed by atoms with Crippen LogP contribution < -0.4 is 5.73 Å². The summed E-state index contributed by atoms with van der Waals surface area (Å²) in [5.74, 6) is 0.678. The number of hydrogen-bond donors (Lipinski definition) is 1.